The lowest BCUT2D eigenvalue weighted by atomic mass is 10.1. The minimum atomic E-state index is -1.21. The minimum absolute atomic E-state index is 0.0188. The molecule has 0 aliphatic heterocycles. The standard InChI is InChI=1S/C24H29ClF2N2O3SSi/c1-34(2,3)10-9-31-15-29-14-18(25)22-21(6-7-28-24(22)29)32-23-19(26)12-16(13-20(23)27)11-17(33)5-4-8-30/h6-7,12-14,30H,4-5,8-11,15H2,1-3H3. The molecule has 3 aromatic rings. The van der Waals surface area contributed by atoms with Crippen molar-refractivity contribution in [3.05, 3.63) is 52.8 Å². The second-order valence-electron chi connectivity index (χ2n) is 9.34. The summed E-state index contributed by atoms with van der Waals surface area (Å²) < 4.78 is 42.8. The predicted molar refractivity (Wildman–Crippen MR) is 138 cm³/mol. The van der Waals surface area contributed by atoms with Crippen LogP contribution < -0.4 is 4.74 Å². The van der Waals surface area contributed by atoms with Gasteiger partial charge < -0.3 is 19.1 Å². The van der Waals surface area contributed by atoms with E-state index in [1.807, 2.05) is 0 Å². The molecule has 2 aromatic heterocycles. The molecule has 0 saturated heterocycles. The summed E-state index contributed by atoms with van der Waals surface area (Å²) in [5.74, 6) is -2.00. The van der Waals surface area contributed by atoms with Gasteiger partial charge in [-0.1, -0.05) is 43.5 Å². The van der Waals surface area contributed by atoms with Crippen molar-refractivity contribution in [2.24, 2.45) is 0 Å². The zero-order valence-electron chi connectivity index (χ0n) is 19.5. The van der Waals surface area contributed by atoms with Gasteiger partial charge in [0.2, 0.25) is 0 Å². The summed E-state index contributed by atoms with van der Waals surface area (Å²) in [5, 5.41) is 9.70. The maximum Gasteiger partial charge on any atom is 0.198 e. The highest BCUT2D eigenvalue weighted by molar-refractivity contribution is 7.80. The molecule has 34 heavy (non-hydrogen) atoms. The van der Waals surface area contributed by atoms with Gasteiger partial charge in [-0.05, 0) is 47.5 Å². The first-order valence-corrected chi connectivity index (χ1v) is 15.6. The summed E-state index contributed by atoms with van der Waals surface area (Å²) in [7, 11) is -1.21. The van der Waals surface area contributed by atoms with Crippen LogP contribution in [0.1, 0.15) is 18.4 Å². The number of benzene rings is 1. The Morgan fingerprint density at radius 3 is 2.59 bits per heavy atom. The Labute approximate surface area is 209 Å². The molecule has 5 nitrogen and oxygen atoms in total. The Balaban J connectivity index is 1.80. The third-order valence-electron chi connectivity index (χ3n) is 5.18. The topological polar surface area (TPSA) is 56.5 Å². The molecule has 0 unspecified atom stereocenters. The molecule has 0 atom stereocenters. The number of pyridine rings is 1. The van der Waals surface area contributed by atoms with Crippen LogP contribution in [-0.4, -0.2) is 40.8 Å². The largest absolute Gasteiger partial charge is 0.450 e. The van der Waals surface area contributed by atoms with E-state index in [9.17, 15) is 8.78 Å². The van der Waals surface area contributed by atoms with Gasteiger partial charge in [0, 0.05) is 40.1 Å². The first kappa shape index (κ1) is 26.7. The van der Waals surface area contributed by atoms with Crippen molar-refractivity contribution in [1.29, 1.82) is 0 Å². The van der Waals surface area contributed by atoms with Gasteiger partial charge in [-0.2, -0.15) is 0 Å². The monoisotopic (exact) mass is 526 g/mol. The van der Waals surface area contributed by atoms with Crippen LogP contribution in [0.5, 0.6) is 11.5 Å². The maximum absolute atomic E-state index is 14.8. The average molecular weight is 527 g/mol. The number of hydrogen-bond donors (Lipinski definition) is 1. The zero-order chi connectivity index (χ0) is 24.9. The molecule has 0 bridgehead atoms. The molecule has 0 spiro atoms. The van der Waals surface area contributed by atoms with Gasteiger partial charge in [-0.15, -0.1) is 0 Å². The van der Waals surface area contributed by atoms with Gasteiger partial charge in [0.25, 0.3) is 0 Å². The average Bonchev–Trinajstić information content (AvgIpc) is 3.08. The van der Waals surface area contributed by atoms with Crippen LogP contribution in [-0.2, 0) is 17.9 Å². The summed E-state index contributed by atoms with van der Waals surface area (Å²) in [6, 6.07) is 4.96. The second-order valence-corrected chi connectivity index (χ2v) is 15.9. The van der Waals surface area contributed by atoms with Crippen molar-refractivity contribution in [2.45, 2.75) is 51.7 Å². The number of ether oxygens (including phenoxy) is 2. The van der Waals surface area contributed by atoms with E-state index in [-0.39, 0.29) is 25.5 Å². The molecular weight excluding hydrogens is 498 g/mol. The third-order valence-corrected chi connectivity index (χ3v) is 7.52. The van der Waals surface area contributed by atoms with E-state index in [0.29, 0.717) is 45.9 Å². The van der Waals surface area contributed by atoms with E-state index in [2.05, 4.69) is 24.6 Å². The molecule has 184 valence electrons. The Morgan fingerprint density at radius 1 is 1.24 bits per heavy atom. The van der Waals surface area contributed by atoms with E-state index in [1.54, 1.807) is 10.8 Å². The molecule has 10 heteroatoms. The second kappa shape index (κ2) is 11.7. The van der Waals surface area contributed by atoms with E-state index < -0.39 is 25.5 Å². The number of aromatic nitrogens is 2. The summed E-state index contributed by atoms with van der Waals surface area (Å²) in [6.45, 7) is 7.75. The van der Waals surface area contributed by atoms with Crippen LogP contribution >= 0.6 is 23.8 Å². The van der Waals surface area contributed by atoms with E-state index in [4.69, 9.17) is 38.4 Å². The third kappa shape index (κ3) is 7.05. The lowest BCUT2D eigenvalue weighted by Gasteiger charge is -2.15. The van der Waals surface area contributed by atoms with Crippen molar-refractivity contribution in [1.82, 2.24) is 9.55 Å². The minimum Gasteiger partial charge on any atom is -0.450 e. The van der Waals surface area contributed by atoms with Crippen molar-refractivity contribution in [2.75, 3.05) is 13.2 Å². The lowest BCUT2D eigenvalue weighted by Crippen LogP contribution is -2.22. The van der Waals surface area contributed by atoms with Gasteiger partial charge in [-0.25, -0.2) is 13.8 Å². The summed E-state index contributed by atoms with van der Waals surface area (Å²) in [4.78, 5) is 4.98. The Morgan fingerprint density at radius 2 is 1.94 bits per heavy atom. The van der Waals surface area contributed by atoms with Crippen LogP contribution in [0.2, 0.25) is 30.7 Å². The number of rotatable bonds is 12. The normalized spacial score (nSPS) is 11.9. The van der Waals surface area contributed by atoms with Gasteiger partial charge in [0.05, 0.1) is 10.4 Å². The molecule has 1 N–H and O–H groups in total. The SMILES string of the molecule is C[Si](C)(C)CCOCn1cc(Cl)c2c(Oc3c(F)cc(CC(=S)CCCO)cc3F)ccnc21. The molecule has 1 aromatic carbocycles. The number of aliphatic hydroxyl groups is 1. The van der Waals surface area contributed by atoms with Crippen LogP contribution in [0.4, 0.5) is 8.78 Å². The van der Waals surface area contributed by atoms with Crippen LogP contribution in [0.15, 0.2) is 30.6 Å². The van der Waals surface area contributed by atoms with Gasteiger partial charge in [0.15, 0.2) is 17.4 Å². The summed E-state index contributed by atoms with van der Waals surface area (Å²) >= 11 is 11.7. The van der Waals surface area contributed by atoms with E-state index in [1.165, 1.54) is 24.4 Å². The van der Waals surface area contributed by atoms with Crippen molar-refractivity contribution in [3.8, 4) is 11.5 Å². The molecule has 0 radical (unpaired) electrons. The maximum atomic E-state index is 14.8. The van der Waals surface area contributed by atoms with E-state index >= 15 is 0 Å². The number of thiocarbonyl (C=S) groups is 1. The van der Waals surface area contributed by atoms with Gasteiger partial charge >= 0.3 is 0 Å². The summed E-state index contributed by atoms with van der Waals surface area (Å²) in [6.07, 6.45) is 4.45. The zero-order valence-corrected chi connectivity index (χ0v) is 22.1. The molecule has 0 aliphatic carbocycles. The molecule has 2 heterocycles. The number of hydrogen-bond acceptors (Lipinski definition) is 5. The van der Waals surface area contributed by atoms with Crippen LogP contribution in [0.25, 0.3) is 11.0 Å². The first-order chi connectivity index (χ1) is 16.1. The Bertz CT molecular complexity index is 1140. The van der Waals surface area contributed by atoms with Crippen molar-refractivity contribution in [3.63, 3.8) is 0 Å². The number of aliphatic hydroxyl groups excluding tert-OH is 1. The number of halogens is 3. The molecule has 0 aliphatic rings. The smallest absolute Gasteiger partial charge is 0.198 e. The predicted octanol–water partition coefficient (Wildman–Crippen LogP) is 6.76. The molecule has 0 fully saturated rings. The van der Waals surface area contributed by atoms with Gasteiger partial charge in [0.1, 0.15) is 18.1 Å². The highest BCUT2D eigenvalue weighted by Gasteiger charge is 2.19. The molecule has 0 saturated carbocycles. The fourth-order valence-electron chi connectivity index (χ4n) is 3.38. The highest BCUT2D eigenvalue weighted by atomic mass is 35.5. The summed E-state index contributed by atoms with van der Waals surface area (Å²) in [5.41, 5.74) is 0.909. The quantitative estimate of drug-likeness (QED) is 0.160. The van der Waals surface area contributed by atoms with E-state index in [0.717, 1.165) is 6.04 Å². The molecule has 3 rings (SSSR count). The van der Waals surface area contributed by atoms with Crippen LogP contribution in [0, 0.1) is 11.6 Å². The fourth-order valence-corrected chi connectivity index (χ4v) is 4.74. The molecular formula is C24H29ClF2N2O3SSi. The highest BCUT2D eigenvalue weighted by Crippen LogP contribution is 2.37. The lowest BCUT2D eigenvalue weighted by molar-refractivity contribution is 0.0899. The van der Waals surface area contributed by atoms with Gasteiger partial charge in [-0.3, -0.25) is 0 Å². The van der Waals surface area contributed by atoms with Crippen molar-refractivity contribution < 1.29 is 23.4 Å². The number of fused-ring (bicyclic) bond motifs is 1. The van der Waals surface area contributed by atoms with Crippen LogP contribution in [0.3, 0.4) is 0 Å². The first-order valence-electron chi connectivity index (χ1n) is 11.1. The number of nitrogens with zero attached hydrogens (tertiary/aromatic N) is 2. The van der Waals surface area contributed by atoms with Crippen molar-refractivity contribution >= 4 is 47.8 Å². The Kier molecular flexibility index (Phi) is 9.17. The molecule has 0 amide bonds. The fraction of sp³-hybridized carbons (Fsp3) is 0.417. The Hall–Kier alpha value is -1.91.